The Hall–Kier alpha value is -0.373. The zero-order valence-corrected chi connectivity index (χ0v) is 16.0. The number of hydrogen-bond donors (Lipinski definition) is 1. The van der Waals surface area contributed by atoms with Crippen molar-refractivity contribution in [2.24, 2.45) is 0 Å². The highest BCUT2D eigenvalue weighted by Gasteiger charge is 2.38. The maximum absolute atomic E-state index is 12.9. The van der Waals surface area contributed by atoms with Gasteiger partial charge in [-0.1, -0.05) is 36.7 Å². The molecule has 0 saturated heterocycles. The van der Waals surface area contributed by atoms with Gasteiger partial charge in [0.1, 0.15) is 0 Å². The Morgan fingerprint density at radius 2 is 1.68 bits per heavy atom. The summed E-state index contributed by atoms with van der Waals surface area (Å²) in [7, 11) is -2.01. The predicted molar refractivity (Wildman–Crippen MR) is 87.1 cm³/mol. The van der Waals surface area contributed by atoms with Gasteiger partial charge >= 0.3 is 6.18 Å². The summed E-state index contributed by atoms with van der Waals surface area (Å²) in [6, 6.07) is 2.37. The minimum atomic E-state index is -4.46. The van der Waals surface area contributed by atoms with Crippen molar-refractivity contribution in [3.8, 4) is 0 Å². The first-order chi connectivity index (χ1) is 9.79. The maximum atomic E-state index is 12.9. The Balaban J connectivity index is 3.09. The van der Waals surface area contributed by atoms with Crippen molar-refractivity contribution in [1.82, 2.24) is 0 Å². The van der Waals surface area contributed by atoms with Gasteiger partial charge in [-0.2, -0.15) is 13.2 Å². The molecule has 1 rings (SSSR count). The molecule has 126 valence electrons. The van der Waals surface area contributed by atoms with Gasteiger partial charge in [0.15, 0.2) is 8.32 Å². The number of halogens is 4. The van der Waals surface area contributed by atoms with Gasteiger partial charge in [-0.05, 0) is 41.4 Å². The van der Waals surface area contributed by atoms with E-state index in [0.29, 0.717) is 5.56 Å². The number of hydrogen-bond acceptors (Lipinski definition) is 2. The summed E-state index contributed by atoms with van der Waals surface area (Å²) in [5.74, 6) is 0. The highest BCUT2D eigenvalue weighted by atomic mass is 79.9. The van der Waals surface area contributed by atoms with Crippen LogP contribution in [0.25, 0.3) is 0 Å². The minimum absolute atomic E-state index is 0.00944. The third kappa shape index (κ3) is 4.56. The molecule has 0 aromatic heterocycles. The highest BCUT2D eigenvalue weighted by molar-refractivity contribution is 9.10. The van der Waals surface area contributed by atoms with Crippen LogP contribution >= 0.6 is 15.9 Å². The molecule has 1 N–H and O–H groups in total. The number of rotatable bonds is 4. The third-order valence-corrected chi connectivity index (χ3v) is 9.29. The monoisotopic (exact) mass is 398 g/mol. The lowest BCUT2D eigenvalue weighted by Crippen LogP contribution is -2.40. The zero-order chi connectivity index (χ0) is 17.3. The molecule has 7 heteroatoms. The second-order valence-electron chi connectivity index (χ2n) is 6.81. The predicted octanol–water partition coefficient (Wildman–Crippen LogP) is 5.48. The molecule has 1 aromatic carbocycles. The molecule has 0 aliphatic heterocycles. The minimum Gasteiger partial charge on any atom is -0.413 e. The van der Waals surface area contributed by atoms with Gasteiger partial charge in [0.2, 0.25) is 0 Å². The Labute approximate surface area is 138 Å². The second-order valence-corrected chi connectivity index (χ2v) is 12.5. The topological polar surface area (TPSA) is 29.5 Å². The molecular formula is C15H22BrF3O2Si. The van der Waals surface area contributed by atoms with Crippen molar-refractivity contribution in [3.63, 3.8) is 0 Å². The van der Waals surface area contributed by atoms with Gasteiger partial charge in [-0.3, -0.25) is 0 Å². The Kier molecular flexibility index (Phi) is 5.93. The molecule has 1 aromatic rings. The van der Waals surface area contributed by atoms with Gasteiger partial charge in [-0.15, -0.1) is 0 Å². The van der Waals surface area contributed by atoms with Crippen molar-refractivity contribution in [2.75, 3.05) is 0 Å². The van der Waals surface area contributed by atoms with E-state index >= 15 is 0 Å². The largest absolute Gasteiger partial charge is 0.417 e. The van der Waals surface area contributed by atoms with Crippen LogP contribution in [0, 0.1) is 0 Å². The molecule has 2 nitrogen and oxygen atoms in total. The second kappa shape index (κ2) is 6.63. The Bertz CT molecular complexity index is 537. The smallest absolute Gasteiger partial charge is 0.413 e. The number of aliphatic hydroxyl groups is 1. The van der Waals surface area contributed by atoms with E-state index in [-0.39, 0.29) is 21.7 Å². The molecule has 22 heavy (non-hydrogen) atoms. The first kappa shape index (κ1) is 19.7. The molecule has 0 fully saturated rings. The summed E-state index contributed by atoms with van der Waals surface area (Å²) in [5, 5.41) is 9.37. The van der Waals surface area contributed by atoms with Crippen LogP contribution < -0.4 is 0 Å². The van der Waals surface area contributed by atoms with Gasteiger partial charge in [0.05, 0.1) is 18.8 Å². The van der Waals surface area contributed by atoms with Crippen LogP contribution in [0.3, 0.4) is 0 Å². The highest BCUT2D eigenvalue weighted by Crippen LogP contribution is 2.39. The lowest BCUT2D eigenvalue weighted by molar-refractivity contribution is -0.138. The fourth-order valence-electron chi connectivity index (χ4n) is 1.63. The molecule has 0 saturated carbocycles. The van der Waals surface area contributed by atoms with Crippen LogP contribution in [-0.4, -0.2) is 13.4 Å². The van der Waals surface area contributed by atoms with Gasteiger partial charge < -0.3 is 9.53 Å². The third-order valence-electron chi connectivity index (χ3n) is 4.16. The van der Waals surface area contributed by atoms with E-state index < -0.39 is 26.7 Å². The molecular weight excluding hydrogens is 377 g/mol. The van der Waals surface area contributed by atoms with Crippen LogP contribution in [0.15, 0.2) is 16.6 Å². The SMILES string of the molecule is CC(C)(C)[Si](C)(C)OCc1cc(Br)c(C(F)(F)F)cc1CO. The maximum Gasteiger partial charge on any atom is 0.417 e. The van der Waals surface area contributed by atoms with E-state index in [4.69, 9.17) is 4.43 Å². The quantitative estimate of drug-likeness (QED) is 0.680. The molecule has 0 aliphatic rings. The van der Waals surface area contributed by atoms with E-state index in [1.807, 2.05) is 0 Å². The fraction of sp³-hybridized carbons (Fsp3) is 0.600. The molecule has 0 bridgehead atoms. The average molecular weight is 399 g/mol. The first-order valence-corrected chi connectivity index (χ1v) is 10.6. The molecule has 0 heterocycles. The van der Waals surface area contributed by atoms with E-state index in [0.717, 1.165) is 6.07 Å². The zero-order valence-electron chi connectivity index (χ0n) is 13.4. The lowest BCUT2D eigenvalue weighted by Gasteiger charge is -2.36. The van der Waals surface area contributed by atoms with Crippen molar-refractivity contribution in [3.05, 3.63) is 33.3 Å². The van der Waals surface area contributed by atoms with E-state index in [1.165, 1.54) is 6.07 Å². The average Bonchev–Trinajstić information content (AvgIpc) is 2.33. The van der Waals surface area contributed by atoms with E-state index in [1.54, 1.807) is 0 Å². The molecule has 0 amide bonds. The van der Waals surface area contributed by atoms with Gasteiger partial charge in [0.25, 0.3) is 0 Å². The summed E-state index contributed by atoms with van der Waals surface area (Å²) in [4.78, 5) is 0. The Morgan fingerprint density at radius 1 is 1.14 bits per heavy atom. The van der Waals surface area contributed by atoms with Crippen LogP contribution in [0.2, 0.25) is 18.1 Å². The summed E-state index contributed by atoms with van der Waals surface area (Å²) in [6.07, 6.45) is -4.46. The van der Waals surface area contributed by atoms with Gasteiger partial charge in [-0.25, -0.2) is 0 Å². The summed E-state index contributed by atoms with van der Waals surface area (Å²) >= 11 is 2.96. The van der Waals surface area contributed by atoms with Gasteiger partial charge in [0, 0.05) is 4.47 Å². The van der Waals surface area contributed by atoms with E-state index in [9.17, 15) is 18.3 Å². The molecule has 0 radical (unpaired) electrons. The van der Waals surface area contributed by atoms with Crippen LogP contribution in [0.5, 0.6) is 0 Å². The molecule has 0 unspecified atom stereocenters. The van der Waals surface area contributed by atoms with Crippen LogP contribution in [0.1, 0.15) is 37.5 Å². The van der Waals surface area contributed by atoms with Crippen molar-refractivity contribution >= 4 is 24.2 Å². The van der Waals surface area contributed by atoms with Crippen LogP contribution in [0.4, 0.5) is 13.2 Å². The molecule has 0 atom stereocenters. The Morgan fingerprint density at radius 3 is 2.09 bits per heavy atom. The lowest BCUT2D eigenvalue weighted by atomic mass is 10.0. The van der Waals surface area contributed by atoms with E-state index in [2.05, 4.69) is 49.8 Å². The fourth-order valence-corrected chi connectivity index (χ4v) is 3.20. The summed E-state index contributed by atoms with van der Waals surface area (Å²) in [6.45, 7) is 10.2. The van der Waals surface area contributed by atoms with Crippen LogP contribution in [-0.2, 0) is 23.8 Å². The number of benzene rings is 1. The number of alkyl halides is 3. The number of aliphatic hydroxyl groups excluding tert-OH is 1. The van der Waals surface area contributed by atoms with Crippen molar-refractivity contribution < 1.29 is 22.7 Å². The molecule has 0 aliphatic carbocycles. The molecule has 0 spiro atoms. The first-order valence-electron chi connectivity index (χ1n) is 6.93. The summed E-state index contributed by atoms with van der Waals surface area (Å²) in [5.41, 5.74) is 0.0362. The van der Waals surface area contributed by atoms with Crippen molar-refractivity contribution in [2.45, 2.75) is 58.3 Å². The normalized spacial score (nSPS) is 13.5. The van der Waals surface area contributed by atoms with Crippen molar-refractivity contribution in [1.29, 1.82) is 0 Å². The summed E-state index contributed by atoms with van der Waals surface area (Å²) < 4.78 is 44.7. The standard InChI is InChI=1S/C15H22BrF3O2Si/c1-14(2,3)22(4,5)21-9-11-7-13(16)12(15(17,18)19)6-10(11)8-20/h6-7,20H,8-9H2,1-5H3.